The summed E-state index contributed by atoms with van der Waals surface area (Å²) in [7, 11) is 0. The minimum Gasteiger partial charge on any atom is -0.352 e. The monoisotopic (exact) mass is 536 g/mol. The van der Waals surface area contributed by atoms with Crippen LogP contribution in [0.2, 0.25) is 5.02 Å². The number of Topliss-reactive ketones (excluding diaryl/α,β-unsaturated/α-hetero) is 2. The summed E-state index contributed by atoms with van der Waals surface area (Å²) in [5, 5.41) is 5.18. The lowest BCUT2D eigenvalue weighted by Gasteiger charge is -2.37. The van der Waals surface area contributed by atoms with Gasteiger partial charge in [-0.25, -0.2) is 0 Å². The molecule has 38 heavy (non-hydrogen) atoms. The van der Waals surface area contributed by atoms with E-state index in [1.54, 1.807) is 30.3 Å². The van der Waals surface area contributed by atoms with Crippen LogP contribution in [0.4, 0.5) is 11.4 Å². The molecule has 1 spiro atoms. The molecule has 7 rings (SSSR count). The summed E-state index contributed by atoms with van der Waals surface area (Å²) in [5.41, 5.74) is 2.09. The number of nitrogens with zero attached hydrogens (tertiary/aromatic N) is 1. The molecule has 3 aliphatic rings. The van der Waals surface area contributed by atoms with E-state index in [0.29, 0.717) is 21.2 Å². The highest BCUT2D eigenvalue weighted by molar-refractivity contribution is 7.12. The van der Waals surface area contributed by atoms with E-state index in [1.807, 2.05) is 77.0 Å². The smallest absolute Gasteiger partial charge is 0.238 e. The molecule has 0 bridgehead atoms. The second-order valence-electron chi connectivity index (χ2n) is 9.75. The van der Waals surface area contributed by atoms with Crippen LogP contribution >= 0.6 is 22.9 Å². The van der Waals surface area contributed by atoms with Gasteiger partial charge in [-0.2, -0.15) is 0 Å². The predicted octanol–water partition coefficient (Wildman–Crippen LogP) is 6.26. The third-order valence-corrected chi connectivity index (χ3v) is 9.21. The van der Waals surface area contributed by atoms with Gasteiger partial charge in [0.15, 0.2) is 11.6 Å². The first-order valence-electron chi connectivity index (χ1n) is 12.4. The van der Waals surface area contributed by atoms with Gasteiger partial charge in [-0.05, 0) is 46.8 Å². The zero-order chi connectivity index (χ0) is 26.0. The first kappa shape index (κ1) is 23.1. The van der Waals surface area contributed by atoms with Crippen LogP contribution in [0, 0.1) is 5.92 Å². The maximum Gasteiger partial charge on any atom is 0.238 e. The van der Waals surface area contributed by atoms with Gasteiger partial charge in [0.1, 0.15) is 11.5 Å². The molecule has 1 saturated heterocycles. The largest absolute Gasteiger partial charge is 0.352 e. The number of benzene rings is 3. The highest BCUT2D eigenvalue weighted by atomic mass is 35.5. The van der Waals surface area contributed by atoms with Crippen LogP contribution < -0.4 is 10.2 Å². The van der Waals surface area contributed by atoms with Crippen molar-refractivity contribution < 1.29 is 14.4 Å². The summed E-state index contributed by atoms with van der Waals surface area (Å²) in [4.78, 5) is 45.8. The maximum absolute atomic E-state index is 14.7. The summed E-state index contributed by atoms with van der Waals surface area (Å²) in [6.07, 6.45) is 3.96. The molecule has 3 aliphatic heterocycles. The zero-order valence-electron chi connectivity index (χ0n) is 20.0. The molecular formula is C31H21ClN2O3S. The predicted molar refractivity (Wildman–Crippen MR) is 150 cm³/mol. The third kappa shape index (κ3) is 3.01. The van der Waals surface area contributed by atoms with Gasteiger partial charge in [-0.15, -0.1) is 11.3 Å². The van der Waals surface area contributed by atoms with Gasteiger partial charge in [0.2, 0.25) is 5.91 Å². The van der Waals surface area contributed by atoms with Gasteiger partial charge in [-0.3, -0.25) is 14.4 Å². The van der Waals surface area contributed by atoms with Crippen LogP contribution in [0.1, 0.15) is 31.2 Å². The van der Waals surface area contributed by atoms with Crippen molar-refractivity contribution in [3.63, 3.8) is 0 Å². The van der Waals surface area contributed by atoms with Gasteiger partial charge in [0, 0.05) is 16.9 Å². The van der Waals surface area contributed by atoms with Gasteiger partial charge < -0.3 is 10.2 Å². The summed E-state index contributed by atoms with van der Waals surface area (Å²) in [5.74, 6) is -1.82. The fourth-order valence-electron chi connectivity index (χ4n) is 6.51. The fraction of sp³-hybridized carbons (Fsp3) is 0.129. The van der Waals surface area contributed by atoms with Crippen molar-refractivity contribution in [2.75, 3.05) is 10.2 Å². The molecule has 0 saturated carbocycles. The molecule has 186 valence electrons. The van der Waals surface area contributed by atoms with E-state index in [-0.39, 0.29) is 17.5 Å². The number of carbonyl (C=O) groups excluding carboxylic acids is 3. The standard InChI is InChI=1S/C31H21ClN2O3S/c32-21-11-4-2-9-19(21)28(35)26-27(29(36)24-14-7-17-38-24)34-23-13-6-1-8-18(23)15-16-25(34)31(26)20-10-3-5-12-22(20)33-30(31)37/h1-17,25-27H,(H,33,37)/t25-,26+,27-,31-/m0/s1. The molecular weight excluding hydrogens is 516 g/mol. The summed E-state index contributed by atoms with van der Waals surface area (Å²) in [6.45, 7) is 0. The second-order valence-corrected chi connectivity index (χ2v) is 11.1. The SMILES string of the molecule is O=C(c1cccs1)[C@@H]1[C@H](C(=O)c2ccccc2Cl)[C@@]2(C(=O)Nc3ccccc32)[C@@H]2C=Cc3ccccc3N12. The lowest BCUT2D eigenvalue weighted by atomic mass is 9.64. The quantitative estimate of drug-likeness (QED) is 0.313. The molecule has 0 aliphatic carbocycles. The fourth-order valence-corrected chi connectivity index (χ4v) is 7.44. The first-order chi connectivity index (χ1) is 18.5. The Morgan fingerprint density at radius 2 is 1.66 bits per heavy atom. The minimum atomic E-state index is -1.34. The van der Waals surface area contributed by atoms with Gasteiger partial charge >= 0.3 is 0 Å². The zero-order valence-corrected chi connectivity index (χ0v) is 21.6. The maximum atomic E-state index is 14.7. The van der Waals surface area contributed by atoms with Crippen molar-refractivity contribution in [1.82, 2.24) is 0 Å². The average Bonchev–Trinajstić information content (AvgIpc) is 3.65. The highest BCUT2D eigenvalue weighted by Gasteiger charge is 2.70. The lowest BCUT2D eigenvalue weighted by molar-refractivity contribution is -0.121. The molecule has 4 heterocycles. The molecule has 0 radical (unpaired) electrons. The van der Waals surface area contributed by atoms with Gasteiger partial charge in [0.05, 0.1) is 21.9 Å². The van der Waals surface area contributed by atoms with E-state index < -0.39 is 23.4 Å². The molecule has 5 nitrogen and oxygen atoms in total. The number of carbonyl (C=O) groups is 3. The molecule has 3 aromatic carbocycles. The summed E-state index contributed by atoms with van der Waals surface area (Å²) in [6, 6.07) is 24.2. The van der Waals surface area contributed by atoms with Crippen molar-refractivity contribution in [2.45, 2.75) is 17.5 Å². The third-order valence-electron chi connectivity index (χ3n) is 8.00. The topological polar surface area (TPSA) is 66.5 Å². The first-order valence-corrected chi connectivity index (χ1v) is 13.6. The van der Waals surface area contributed by atoms with Crippen LogP contribution in [0.5, 0.6) is 0 Å². The summed E-state index contributed by atoms with van der Waals surface area (Å²) < 4.78 is 0. The minimum absolute atomic E-state index is 0.186. The van der Waals surface area contributed by atoms with E-state index >= 15 is 0 Å². The molecule has 1 aromatic heterocycles. The van der Waals surface area contributed by atoms with Gasteiger partial charge in [0.25, 0.3) is 0 Å². The van der Waals surface area contributed by atoms with Crippen molar-refractivity contribution in [2.24, 2.45) is 5.92 Å². The number of halogens is 1. The number of hydrogen-bond donors (Lipinski definition) is 1. The summed E-state index contributed by atoms with van der Waals surface area (Å²) >= 11 is 7.89. The number of ketones is 2. The van der Waals surface area contributed by atoms with Crippen LogP contribution in [-0.4, -0.2) is 29.6 Å². The molecule has 4 aromatic rings. The molecule has 1 fully saturated rings. The number of anilines is 2. The highest BCUT2D eigenvalue weighted by Crippen LogP contribution is 2.58. The van der Waals surface area contributed by atoms with Gasteiger partial charge in [-0.1, -0.05) is 78.4 Å². The van der Waals surface area contributed by atoms with Crippen LogP contribution in [0.25, 0.3) is 6.08 Å². The Hall–Kier alpha value is -4.00. The van der Waals surface area contributed by atoms with E-state index in [1.165, 1.54) is 11.3 Å². The Labute approximate surface area is 228 Å². The molecule has 0 unspecified atom stereocenters. The van der Waals surface area contributed by atoms with Crippen LogP contribution in [0.3, 0.4) is 0 Å². The molecule has 7 heteroatoms. The van der Waals surface area contributed by atoms with Crippen LogP contribution in [0.15, 0.2) is 96.4 Å². The number of para-hydroxylation sites is 2. The normalized spacial score (nSPS) is 24.6. The Morgan fingerprint density at radius 3 is 2.47 bits per heavy atom. The number of nitrogens with one attached hydrogen (secondary N) is 1. The molecule has 4 atom stereocenters. The number of rotatable bonds is 4. The Balaban J connectivity index is 1.56. The number of fused-ring (bicyclic) bond motifs is 6. The Kier molecular flexibility index (Phi) is 5.18. The van der Waals surface area contributed by atoms with E-state index in [9.17, 15) is 14.4 Å². The van der Waals surface area contributed by atoms with E-state index in [4.69, 9.17) is 11.6 Å². The Morgan fingerprint density at radius 1 is 0.895 bits per heavy atom. The Bertz CT molecular complexity index is 1660. The second kappa shape index (κ2) is 8.51. The average molecular weight is 537 g/mol. The van der Waals surface area contributed by atoms with Crippen molar-refractivity contribution in [3.05, 3.63) is 123 Å². The van der Waals surface area contributed by atoms with Crippen LogP contribution in [-0.2, 0) is 10.2 Å². The molecule has 1 N–H and O–H groups in total. The van der Waals surface area contributed by atoms with Crippen molar-refractivity contribution in [3.8, 4) is 0 Å². The number of hydrogen-bond acceptors (Lipinski definition) is 5. The van der Waals surface area contributed by atoms with Crippen molar-refractivity contribution >= 4 is 57.9 Å². The van der Waals surface area contributed by atoms with Crippen molar-refractivity contribution in [1.29, 1.82) is 0 Å². The number of thiophene rings is 1. The van der Waals surface area contributed by atoms with E-state index in [0.717, 1.165) is 16.8 Å². The number of amides is 1. The van der Waals surface area contributed by atoms with E-state index in [2.05, 4.69) is 5.32 Å². The molecule has 1 amide bonds. The lowest BCUT2D eigenvalue weighted by Crippen LogP contribution is -2.51.